The van der Waals surface area contributed by atoms with Crippen molar-refractivity contribution in [1.29, 1.82) is 0 Å². The van der Waals surface area contributed by atoms with Gasteiger partial charge >= 0.3 is 6.03 Å². The summed E-state index contributed by atoms with van der Waals surface area (Å²) < 4.78 is 22.9. The second-order valence-electron chi connectivity index (χ2n) is 7.33. The van der Waals surface area contributed by atoms with Crippen LogP contribution in [-0.4, -0.2) is 50.5 Å². The third-order valence-corrected chi connectivity index (χ3v) is 7.77. The molecule has 2 fully saturated rings. The van der Waals surface area contributed by atoms with Crippen molar-refractivity contribution in [3.8, 4) is 0 Å². The molecule has 23 heavy (non-hydrogen) atoms. The first-order valence-electron chi connectivity index (χ1n) is 9.13. The van der Waals surface area contributed by atoms with Gasteiger partial charge in [-0.15, -0.1) is 0 Å². The molecule has 1 N–H and O–H groups in total. The molecule has 0 unspecified atom stereocenters. The first kappa shape index (κ1) is 18.6. The number of rotatable bonds is 4. The van der Waals surface area contributed by atoms with Gasteiger partial charge < -0.3 is 10.2 Å². The Bertz CT molecular complexity index is 486. The van der Waals surface area contributed by atoms with Gasteiger partial charge in [-0.1, -0.05) is 26.7 Å². The fraction of sp³-hybridized carbons (Fsp3) is 0.941. The van der Waals surface area contributed by atoms with Crippen LogP contribution in [0.3, 0.4) is 0 Å². The van der Waals surface area contributed by atoms with Crippen LogP contribution in [0.25, 0.3) is 0 Å². The molecule has 134 valence electrons. The summed E-state index contributed by atoms with van der Waals surface area (Å²) >= 11 is 0. The minimum atomic E-state index is -2.82. The molecule has 0 atom stereocenters. The second-order valence-corrected chi connectivity index (χ2v) is 9.63. The summed E-state index contributed by atoms with van der Waals surface area (Å²) in [5.41, 5.74) is 0.409. The van der Waals surface area contributed by atoms with Gasteiger partial charge in [0.15, 0.2) is 0 Å². The molecule has 0 aromatic heterocycles. The molecule has 2 heterocycles. The predicted octanol–water partition coefficient (Wildman–Crippen LogP) is 2.81. The van der Waals surface area contributed by atoms with Gasteiger partial charge in [-0.2, -0.15) is 0 Å². The van der Waals surface area contributed by atoms with E-state index in [0.717, 1.165) is 25.9 Å². The highest BCUT2D eigenvalue weighted by Gasteiger charge is 2.31. The Balaban J connectivity index is 1.78. The average Bonchev–Trinajstić information content (AvgIpc) is 2.77. The van der Waals surface area contributed by atoms with Gasteiger partial charge in [-0.3, -0.25) is 0 Å². The zero-order valence-corrected chi connectivity index (χ0v) is 15.5. The van der Waals surface area contributed by atoms with Crippen molar-refractivity contribution in [2.75, 3.05) is 31.1 Å². The topological polar surface area (TPSA) is 66.5 Å². The van der Waals surface area contributed by atoms with E-state index in [4.69, 9.17) is 0 Å². The van der Waals surface area contributed by atoms with Gasteiger partial charge in [0.2, 0.25) is 0 Å². The number of carbonyl (C=O) groups is 1. The third kappa shape index (κ3) is 5.10. The number of hydrogen-bond donors (Lipinski definition) is 1. The standard InChI is InChI=1S/C17H32N2O3S/c1-3-17(4-2)8-5-10-19(11-9-17)16(20)18-14-15-6-12-23(21,22)13-7-15/h15H,3-14H2,1-2H3,(H,18,20). The molecule has 2 amide bonds. The highest BCUT2D eigenvalue weighted by atomic mass is 32.2. The lowest BCUT2D eigenvalue weighted by atomic mass is 9.76. The van der Waals surface area contributed by atoms with E-state index in [1.807, 2.05) is 4.90 Å². The van der Waals surface area contributed by atoms with E-state index in [0.29, 0.717) is 30.7 Å². The number of carbonyl (C=O) groups excluding carboxylic acids is 1. The molecule has 0 aromatic rings. The highest BCUT2D eigenvalue weighted by molar-refractivity contribution is 7.91. The van der Waals surface area contributed by atoms with Crippen LogP contribution in [0, 0.1) is 11.3 Å². The van der Waals surface area contributed by atoms with Crippen molar-refractivity contribution in [3.63, 3.8) is 0 Å². The van der Waals surface area contributed by atoms with E-state index in [1.54, 1.807) is 0 Å². The second kappa shape index (κ2) is 7.86. The highest BCUT2D eigenvalue weighted by Crippen LogP contribution is 2.37. The fourth-order valence-electron chi connectivity index (χ4n) is 3.90. The molecular formula is C17H32N2O3S. The number of nitrogens with zero attached hydrogens (tertiary/aromatic N) is 1. The normalized spacial score (nSPS) is 24.9. The zero-order chi connectivity index (χ0) is 16.9. The molecule has 0 bridgehead atoms. The van der Waals surface area contributed by atoms with Crippen LogP contribution in [0.2, 0.25) is 0 Å². The summed E-state index contributed by atoms with van der Waals surface area (Å²) in [4.78, 5) is 14.4. The van der Waals surface area contributed by atoms with Crippen molar-refractivity contribution in [1.82, 2.24) is 10.2 Å². The fourth-order valence-corrected chi connectivity index (χ4v) is 5.49. The Hall–Kier alpha value is -0.780. The summed E-state index contributed by atoms with van der Waals surface area (Å²) in [7, 11) is -2.82. The maximum Gasteiger partial charge on any atom is 0.317 e. The maximum absolute atomic E-state index is 12.4. The number of likely N-dealkylation sites (tertiary alicyclic amines) is 1. The Kier molecular flexibility index (Phi) is 6.34. The summed E-state index contributed by atoms with van der Waals surface area (Å²) in [5, 5.41) is 3.03. The van der Waals surface area contributed by atoms with Crippen LogP contribution in [0.5, 0.6) is 0 Å². The number of nitrogens with one attached hydrogen (secondary N) is 1. The number of amides is 2. The Morgan fingerprint density at radius 1 is 1.13 bits per heavy atom. The molecule has 0 aromatic carbocycles. The molecule has 0 spiro atoms. The van der Waals surface area contributed by atoms with Crippen molar-refractivity contribution in [2.24, 2.45) is 11.3 Å². The number of hydrogen-bond acceptors (Lipinski definition) is 3. The smallest absolute Gasteiger partial charge is 0.317 e. The van der Waals surface area contributed by atoms with E-state index in [1.165, 1.54) is 19.3 Å². The monoisotopic (exact) mass is 344 g/mol. The molecule has 2 saturated heterocycles. The van der Waals surface area contributed by atoms with Gasteiger partial charge in [0.25, 0.3) is 0 Å². The van der Waals surface area contributed by atoms with Gasteiger partial charge in [-0.05, 0) is 43.4 Å². The molecule has 6 heteroatoms. The van der Waals surface area contributed by atoms with Crippen LogP contribution >= 0.6 is 0 Å². The van der Waals surface area contributed by atoms with Crippen LogP contribution in [-0.2, 0) is 9.84 Å². The van der Waals surface area contributed by atoms with Crippen molar-refractivity contribution in [2.45, 2.75) is 58.8 Å². The molecule has 2 aliphatic rings. The summed E-state index contributed by atoms with van der Waals surface area (Å²) in [6.07, 6.45) is 7.12. The quantitative estimate of drug-likeness (QED) is 0.853. The van der Waals surface area contributed by atoms with Crippen LogP contribution < -0.4 is 5.32 Å². The van der Waals surface area contributed by atoms with Gasteiger partial charge in [0.1, 0.15) is 9.84 Å². The van der Waals surface area contributed by atoms with Gasteiger partial charge in [0, 0.05) is 19.6 Å². The minimum Gasteiger partial charge on any atom is -0.338 e. The SMILES string of the molecule is CCC1(CC)CCCN(C(=O)NCC2CCS(=O)(=O)CC2)CC1. The lowest BCUT2D eigenvalue weighted by Crippen LogP contribution is -2.43. The summed E-state index contributed by atoms with van der Waals surface area (Å²) in [6.45, 7) is 6.81. The van der Waals surface area contributed by atoms with Crippen molar-refractivity contribution in [3.05, 3.63) is 0 Å². The van der Waals surface area contributed by atoms with E-state index in [9.17, 15) is 13.2 Å². The van der Waals surface area contributed by atoms with E-state index >= 15 is 0 Å². The maximum atomic E-state index is 12.4. The molecule has 2 aliphatic heterocycles. The summed E-state index contributed by atoms with van der Waals surface area (Å²) in [6, 6.07) is 0.0291. The average molecular weight is 345 g/mol. The number of urea groups is 1. The third-order valence-electron chi connectivity index (χ3n) is 6.05. The molecular weight excluding hydrogens is 312 g/mol. The summed E-state index contributed by atoms with van der Waals surface area (Å²) in [5.74, 6) is 0.847. The Morgan fingerprint density at radius 2 is 1.78 bits per heavy atom. The molecule has 0 saturated carbocycles. The Labute approximate surface area is 141 Å². The molecule has 5 nitrogen and oxygen atoms in total. The Morgan fingerprint density at radius 3 is 2.39 bits per heavy atom. The first-order valence-corrected chi connectivity index (χ1v) is 10.9. The van der Waals surface area contributed by atoms with Crippen LogP contribution in [0.15, 0.2) is 0 Å². The first-order chi connectivity index (χ1) is 10.9. The van der Waals surface area contributed by atoms with Crippen LogP contribution in [0.1, 0.15) is 58.8 Å². The van der Waals surface area contributed by atoms with Gasteiger partial charge in [0.05, 0.1) is 11.5 Å². The predicted molar refractivity (Wildman–Crippen MR) is 93.2 cm³/mol. The van der Waals surface area contributed by atoms with Crippen LogP contribution in [0.4, 0.5) is 4.79 Å². The zero-order valence-electron chi connectivity index (χ0n) is 14.6. The molecule has 0 aliphatic carbocycles. The van der Waals surface area contributed by atoms with E-state index in [-0.39, 0.29) is 17.5 Å². The lowest BCUT2D eigenvalue weighted by molar-refractivity contribution is 0.189. The lowest BCUT2D eigenvalue weighted by Gasteiger charge is -2.30. The number of sulfone groups is 1. The molecule has 2 rings (SSSR count). The van der Waals surface area contributed by atoms with Crippen molar-refractivity contribution >= 4 is 15.9 Å². The van der Waals surface area contributed by atoms with E-state index in [2.05, 4.69) is 19.2 Å². The van der Waals surface area contributed by atoms with Gasteiger partial charge in [-0.25, -0.2) is 13.2 Å². The minimum absolute atomic E-state index is 0.0291. The van der Waals surface area contributed by atoms with E-state index < -0.39 is 9.84 Å². The largest absolute Gasteiger partial charge is 0.338 e. The molecule has 0 radical (unpaired) electrons. The van der Waals surface area contributed by atoms with Crippen molar-refractivity contribution < 1.29 is 13.2 Å².